The largest absolute Gasteiger partial charge is 0.496 e. The maximum absolute atomic E-state index is 13.7. The Labute approximate surface area is 187 Å². The number of rotatable bonds is 8. The zero-order valence-electron chi connectivity index (χ0n) is 16.8. The number of carbonyl (C=O) groups excluding carboxylic acids is 1. The van der Waals surface area contributed by atoms with E-state index in [0.717, 1.165) is 5.56 Å². The number of benzene rings is 2. The highest BCUT2D eigenvalue weighted by molar-refractivity contribution is 14.0. The fourth-order valence-corrected chi connectivity index (χ4v) is 2.65. The number of guanidine groups is 1. The number of hydrogen-bond acceptors (Lipinski definition) is 4. The molecule has 0 aliphatic heterocycles. The van der Waals surface area contributed by atoms with E-state index >= 15 is 0 Å². The van der Waals surface area contributed by atoms with Crippen molar-refractivity contribution >= 4 is 35.9 Å². The van der Waals surface area contributed by atoms with E-state index in [-0.39, 0.29) is 29.8 Å². The van der Waals surface area contributed by atoms with Gasteiger partial charge >= 0.3 is 5.97 Å². The quantitative estimate of drug-likeness (QED) is 0.244. The summed E-state index contributed by atoms with van der Waals surface area (Å²) in [6.45, 7) is 3.57. The molecule has 29 heavy (non-hydrogen) atoms. The van der Waals surface area contributed by atoms with E-state index in [4.69, 9.17) is 9.47 Å². The Bertz CT molecular complexity index is 831. The van der Waals surface area contributed by atoms with Crippen molar-refractivity contribution in [1.29, 1.82) is 0 Å². The molecule has 0 saturated carbocycles. The first-order chi connectivity index (χ1) is 13.6. The monoisotopic (exact) mass is 515 g/mol. The SMILES string of the molecule is CCNC(=NCc1ccc(OC)c(C(=O)OC)c1)NCCc1ccccc1F.I. The fourth-order valence-electron chi connectivity index (χ4n) is 2.65. The summed E-state index contributed by atoms with van der Waals surface area (Å²) >= 11 is 0. The highest BCUT2D eigenvalue weighted by Gasteiger charge is 2.13. The van der Waals surface area contributed by atoms with Crippen molar-refractivity contribution in [3.05, 3.63) is 65.0 Å². The number of ether oxygens (including phenoxy) is 2. The minimum absolute atomic E-state index is 0. The first-order valence-corrected chi connectivity index (χ1v) is 9.09. The second-order valence-corrected chi connectivity index (χ2v) is 5.99. The van der Waals surface area contributed by atoms with Crippen LogP contribution in [0.15, 0.2) is 47.5 Å². The van der Waals surface area contributed by atoms with Crippen molar-refractivity contribution < 1.29 is 18.7 Å². The predicted molar refractivity (Wildman–Crippen MR) is 123 cm³/mol. The van der Waals surface area contributed by atoms with E-state index in [1.165, 1.54) is 20.3 Å². The Kier molecular flexibility index (Phi) is 11.0. The summed E-state index contributed by atoms with van der Waals surface area (Å²) in [4.78, 5) is 16.4. The number of carbonyl (C=O) groups is 1. The van der Waals surface area contributed by atoms with Crippen LogP contribution >= 0.6 is 24.0 Å². The highest BCUT2D eigenvalue weighted by atomic mass is 127. The molecule has 6 nitrogen and oxygen atoms in total. The third kappa shape index (κ3) is 7.52. The lowest BCUT2D eigenvalue weighted by molar-refractivity contribution is 0.0597. The van der Waals surface area contributed by atoms with Gasteiger partial charge in [0.15, 0.2) is 5.96 Å². The van der Waals surface area contributed by atoms with Crippen molar-refractivity contribution in [2.24, 2.45) is 4.99 Å². The zero-order chi connectivity index (χ0) is 20.4. The lowest BCUT2D eigenvalue weighted by Gasteiger charge is -2.12. The van der Waals surface area contributed by atoms with Crippen molar-refractivity contribution in [2.45, 2.75) is 19.9 Å². The van der Waals surface area contributed by atoms with E-state index in [2.05, 4.69) is 15.6 Å². The second-order valence-electron chi connectivity index (χ2n) is 5.99. The van der Waals surface area contributed by atoms with Crippen LogP contribution in [0.5, 0.6) is 5.75 Å². The third-order valence-electron chi connectivity index (χ3n) is 4.08. The van der Waals surface area contributed by atoms with Crippen LogP contribution in [0.1, 0.15) is 28.4 Å². The molecule has 2 rings (SSSR count). The summed E-state index contributed by atoms with van der Waals surface area (Å²) in [5, 5.41) is 6.35. The number of halogens is 2. The fraction of sp³-hybridized carbons (Fsp3) is 0.333. The lowest BCUT2D eigenvalue weighted by Crippen LogP contribution is -2.38. The molecule has 0 aromatic heterocycles. The Balaban J connectivity index is 0.00000420. The van der Waals surface area contributed by atoms with Gasteiger partial charge in [-0.15, -0.1) is 24.0 Å². The molecule has 0 heterocycles. The molecule has 0 saturated heterocycles. The van der Waals surface area contributed by atoms with Crippen molar-refractivity contribution in [1.82, 2.24) is 10.6 Å². The van der Waals surface area contributed by atoms with Gasteiger partial charge in [-0.1, -0.05) is 24.3 Å². The van der Waals surface area contributed by atoms with E-state index < -0.39 is 5.97 Å². The van der Waals surface area contributed by atoms with Crippen LogP contribution in [-0.2, 0) is 17.7 Å². The minimum atomic E-state index is -0.461. The molecule has 158 valence electrons. The van der Waals surface area contributed by atoms with Crippen LogP contribution in [0.4, 0.5) is 4.39 Å². The first kappa shape index (κ1) is 24.7. The molecule has 0 fully saturated rings. The summed E-state index contributed by atoms with van der Waals surface area (Å²) < 4.78 is 23.7. The Morgan fingerprint density at radius 1 is 1.14 bits per heavy atom. The van der Waals surface area contributed by atoms with Gasteiger partial charge in [0.2, 0.25) is 0 Å². The number of esters is 1. The molecule has 0 unspecified atom stereocenters. The molecular formula is C21H27FIN3O3. The molecule has 0 atom stereocenters. The van der Waals surface area contributed by atoms with Gasteiger partial charge in [-0.25, -0.2) is 14.2 Å². The molecule has 0 aliphatic rings. The molecule has 0 bridgehead atoms. The van der Waals surface area contributed by atoms with Crippen LogP contribution in [0.3, 0.4) is 0 Å². The number of methoxy groups -OCH3 is 2. The predicted octanol–water partition coefficient (Wildman–Crippen LogP) is 3.54. The summed E-state index contributed by atoms with van der Waals surface area (Å²) in [6.07, 6.45) is 0.548. The molecule has 2 N–H and O–H groups in total. The molecule has 0 aliphatic carbocycles. The Hall–Kier alpha value is -2.36. The number of nitrogens with one attached hydrogen (secondary N) is 2. The van der Waals surface area contributed by atoms with Crippen molar-refractivity contribution in [3.8, 4) is 5.75 Å². The lowest BCUT2D eigenvalue weighted by atomic mass is 10.1. The van der Waals surface area contributed by atoms with Gasteiger partial charge in [-0.05, 0) is 42.7 Å². The maximum atomic E-state index is 13.7. The van der Waals surface area contributed by atoms with Gasteiger partial charge in [0, 0.05) is 13.1 Å². The van der Waals surface area contributed by atoms with E-state index in [1.807, 2.05) is 19.1 Å². The van der Waals surface area contributed by atoms with Gasteiger partial charge in [0.25, 0.3) is 0 Å². The van der Waals surface area contributed by atoms with Crippen LogP contribution < -0.4 is 15.4 Å². The summed E-state index contributed by atoms with van der Waals surface area (Å²) in [5.74, 6) is 0.404. The Morgan fingerprint density at radius 2 is 1.90 bits per heavy atom. The van der Waals surface area contributed by atoms with Gasteiger partial charge in [0.05, 0.1) is 20.8 Å². The normalized spacial score (nSPS) is 10.7. The number of nitrogens with zero attached hydrogens (tertiary/aromatic N) is 1. The molecule has 8 heteroatoms. The molecule has 0 radical (unpaired) electrons. The number of aliphatic imine (C=N–C) groups is 1. The summed E-state index contributed by atoms with van der Waals surface area (Å²) in [6, 6.07) is 12.0. The van der Waals surface area contributed by atoms with Crippen LogP contribution in [0.2, 0.25) is 0 Å². The average molecular weight is 515 g/mol. The smallest absolute Gasteiger partial charge is 0.341 e. The van der Waals surface area contributed by atoms with E-state index in [1.54, 1.807) is 24.3 Å². The van der Waals surface area contributed by atoms with Crippen LogP contribution in [-0.4, -0.2) is 39.2 Å². The second kappa shape index (κ2) is 13.0. The maximum Gasteiger partial charge on any atom is 0.341 e. The van der Waals surface area contributed by atoms with Crippen molar-refractivity contribution in [2.75, 3.05) is 27.3 Å². The topological polar surface area (TPSA) is 72.0 Å². The van der Waals surface area contributed by atoms with Crippen molar-refractivity contribution in [3.63, 3.8) is 0 Å². The summed E-state index contributed by atoms with van der Waals surface area (Å²) in [7, 11) is 2.83. The third-order valence-corrected chi connectivity index (χ3v) is 4.08. The molecular weight excluding hydrogens is 488 g/mol. The van der Waals surface area contributed by atoms with Gasteiger partial charge in [0.1, 0.15) is 17.1 Å². The minimum Gasteiger partial charge on any atom is -0.496 e. The van der Waals surface area contributed by atoms with Crippen LogP contribution in [0.25, 0.3) is 0 Å². The van der Waals surface area contributed by atoms with Crippen LogP contribution in [0, 0.1) is 5.82 Å². The van der Waals surface area contributed by atoms with E-state index in [9.17, 15) is 9.18 Å². The van der Waals surface area contributed by atoms with Gasteiger partial charge < -0.3 is 20.1 Å². The van der Waals surface area contributed by atoms with Gasteiger partial charge in [-0.2, -0.15) is 0 Å². The standard InChI is InChI=1S/C21H26FN3O3.HI/c1-4-23-21(24-12-11-16-7-5-6-8-18(16)22)25-14-15-9-10-19(27-2)17(13-15)20(26)28-3;/h5-10,13H,4,11-12,14H2,1-3H3,(H2,23,24,25);1H. The summed E-state index contributed by atoms with van der Waals surface area (Å²) in [5.41, 5.74) is 1.85. The molecule has 2 aromatic carbocycles. The molecule has 0 spiro atoms. The zero-order valence-corrected chi connectivity index (χ0v) is 19.2. The average Bonchev–Trinajstić information content (AvgIpc) is 2.72. The van der Waals surface area contributed by atoms with E-state index in [0.29, 0.717) is 48.9 Å². The molecule has 0 amide bonds. The molecule has 2 aromatic rings. The Morgan fingerprint density at radius 3 is 2.55 bits per heavy atom. The number of hydrogen-bond donors (Lipinski definition) is 2. The van der Waals surface area contributed by atoms with Gasteiger partial charge in [-0.3, -0.25) is 0 Å². The highest BCUT2D eigenvalue weighted by Crippen LogP contribution is 2.21. The first-order valence-electron chi connectivity index (χ1n) is 9.09.